The Bertz CT molecular complexity index is 559. The molecule has 1 aromatic carbocycles. The molecule has 0 saturated heterocycles. The van der Waals surface area contributed by atoms with E-state index in [0.29, 0.717) is 11.7 Å². The van der Waals surface area contributed by atoms with E-state index >= 15 is 0 Å². The van der Waals surface area contributed by atoms with Crippen LogP contribution in [0.4, 0.5) is 10.2 Å². The Kier molecular flexibility index (Phi) is 2.78. The monoisotopic (exact) mass is 246 g/mol. The molecule has 1 heterocycles. The molecule has 1 saturated carbocycles. The van der Waals surface area contributed by atoms with Gasteiger partial charge in [0.1, 0.15) is 11.6 Å². The van der Waals surface area contributed by atoms with Crippen molar-refractivity contribution >= 4 is 5.82 Å². The predicted octanol–water partition coefficient (Wildman–Crippen LogP) is 3.72. The lowest BCUT2D eigenvalue weighted by molar-refractivity contribution is 0.363. The van der Waals surface area contributed by atoms with Crippen molar-refractivity contribution in [2.24, 2.45) is 0 Å². The Morgan fingerprint density at radius 1 is 1.28 bits per heavy atom. The summed E-state index contributed by atoms with van der Waals surface area (Å²) in [4.78, 5) is 0. The van der Waals surface area contributed by atoms with Gasteiger partial charge in [0.2, 0.25) is 0 Å². The Hall–Kier alpha value is -1.84. The number of nitrogens with zero attached hydrogens (tertiary/aromatic N) is 1. The predicted molar refractivity (Wildman–Crippen MR) is 67.5 cm³/mol. The smallest absolute Gasteiger partial charge is 0.175 e. The van der Waals surface area contributed by atoms with Crippen LogP contribution in [0.25, 0.3) is 11.1 Å². The van der Waals surface area contributed by atoms with Crippen molar-refractivity contribution in [3.8, 4) is 11.1 Å². The van der Waals surface area contributed by atoms with Gasteiger partial charge in [0.15, 0.2) is 5.82 Å². The van der Waals surface area contributed by atoms with Crippen molar-refractivity contribution in [2.45, 2.75) is 31.6 Å². The molecule has 0 aliphatic heterocycles. The van der Waals surface area contributed by atoms with Crippen LogP contribution in [0.3, 0.4) is 0 Å². The van der Waals surface area contributed by atoms with Gasteiger partial charge in [0, 0.05) is 5.92 Å². The third-order valence-electron chi connectivity index (χ3n) is 3.58. The van der Waals surface area contributed by atoms with E-state index in [1.165, 1.54) is 25.0 Å². The first-order valence-corrected chi connectivity index (χ1v) is 6.26. The van der Waals surface area contributed by atoms with Crippen LogP contribution in [-0.4, -0.2) is 5.16 Å². The van der Waals surface area contributed by atoms with Crippen molar-refractivity contribution < 1.29 is 8.91 Å². The second-order valence-corrected chi connectivity index (χ2v) is 4.80. The summed E-state index contributed by atoms with van der Waals surface area (Å²) in [6, 6.07) is 6.41. The maximum absolute atomic E-state index is 13.3. The van der Waals surface area contributed by atoms with E-state index in [4.69, 9.17) is 10.3 Å². The number of aromatic nitrogens is 1. The Labute approximate surface area is 105 Å². The molecule has 94 valence electrons. The van der Waals surface area contributed by atoms with Gasteiger partial charge < -0.3 is 10.3 Å². The topological polar surface area (TPSA) is 52.0 Å². The SMILES string of the molecule is Nc1noc(C2CCCC2)c1-c1cccc(F)c1. The maximum atomic E-state index is 13.3. The first-order valence-electron chi connectivity index (χ1n) is 6.26. The van der Waals surface area contributed by atoms with E-state index in [2.05, 4.69) is 5.16 Å². The van der Waals surface area contributed by atoms with Gasteiger partial charge in [0.05, 0.1) is 5.56 Å². The van der Waals surface area contributed by atoms with Crippen molar-refractivity contribution in [2.75, 3.05) is 5.73 Å². The molecule has 0 amide bonds. The van der Waals surface area contributed by atoms with E-state index in [1.54, 1.807) is 6.07 Å². The van der Waals surface area contributed by atoms with Crippen LogP contribution >= 0.6 is 0 Å². The highest BCUT2D eigenvalue weighted by Gasteiger charge is 2.26. The second-order valence-electron chi connectivity index (χ2n) is 4.80. The normalized spacial score (nSPS) is 16.3. The Balaban J connectivity index is 2.07. The van der Waals surface area contributed by atoms with Crippen LogP contribution < -0.4 is 5.73 Å². The van der Waals surface area contributed by atoms with E-state index < -0.39 is 0 Å². The quantitative estimate of drug-likeness (QED) is 0.878. The van der Waals surface area contributed by atoms with Crippen LogP contribution in [-0.2, 0) is 0 Å². The number of rotatable bonds is 2. The van der Waals surface area contributed by atoms with Crippen LogP contribution in [0.1, 0.15) is 37.4 Å². The zero-order valence-corrected chi connectivity index (χ0v) is 10.0. The Morgan fingerprint density at radius 2 is 2.06 bits per heavy atom. The summed E-state index contributed by atoms with van der Waals surface area (Å²) in [6.45, 7) is 0. The second kappa shape index (κ2) is 4.44. The van der Waals surface area contributed by atoms with E-state index in [1.807, 2.05) is 6.07 Å². The summed E-state index contributed by atoms with van der Waals surface area (Å²) in [6.07, 6.45) is 4.59. The number of anilines is 1. The van der Waals surface area contributed by atoms with Crippen molar-refractivity contribution in [3.63, 3.8) is 0 Å². The van der Waals surface area contributed by atoms with Gasteiger partial charge in [-0.1, -0.05) is 30.1 Å². The number of benzene rings is 1. The van der Waals surface area contributed by atoms with E-state index in [0.717, 1.165) is 29.7 Å². The number of halogens is 1. The lowest BCUT2D eigenvalue weighted by Gasteiger charge is -2.08. The Morgan fingerprint density at radius 3 is 2.78 bits per heavy atom. The highest BCUT2D eigenvalue weighted by atomic mass is 19.1. The van der Waals surface area contributed by atoms with Crippen molar-refractivity contribution in [1.82, 2.24) is 5.16 Å². The number of hydrogen-bond acceptors (Lipinski definition) is 3. The summed E-state index contributed by atoms with van der Waals surface area (Å²) in [5.74, 6) is 1.26. The molecule has 0 radical (unpaired) electrons. The van der Waals surface area contributed by atoms with Crippen molar-refractivity contribution in [1.29, 1.82) is 0 Å². The fourth-order valence-electron chi connectivity index (χ4n) is 2.72. The van der Waals surface area contributed by atoms with Crippen molar-refractivity contribution in [3.05, 3.63) is 35.8 Å². The average Bonchev–Trinajstić information content (AvgIpc) is 2.97. The first kappa shape index (κ1) is 11.3. The lowest BCUT2D eigenvalue weighted by atomic mass is 9.96. The minimum atomic E-state index is -0.273. The van der Waals surface area contributed by atoms with E-state index in [9.17, 15) is 4.39 Å². The van der Waals surface area contributed by atoms with Crippen LogP contribution in [0.5, 0.6) is 0 Å². The third kappa shape index (κ3) is 1.88. The minimum Gasteiger partial charge on any atom is -0.380 e. The fourth-order valence-corrected chi connectivity index (χ4v) is 2.72. The molecular weight excluding hydrogens is 231 g/mol. The zero-order chi connectivity index (χ0) is 12.5. The standard InChI is InChI=1S/C14H15FN2O/c15-11-7-3-6-10(8-11)12-13(18-17-14(12)16)9-4-1-2-5-9/h3,6-9H,1-2,4-5H2,(H2,16,17). The fraction of sp³-hybridized carbons (Fsp3) is 0.357. The van der Waals surface area contributed by atoms with Gasteiger partial charge in [-0.25, -0.2) is 4.39 Å². The lowest BCUT2D eigenvalue weighted by Crippen LogP contribution is -1.95. The molecule has 18 heavy (non-hydrogen) atoms. The molecule has 1 aliphatic carbocycles. The highest BCUT2D eigenvalue weighted by Crippen LogP contribution is 2.41. The zero-order valence-electron chi connectivity index (χ0n) is 10.0. The molecule has 3 rings (SSSR count). The van der Waals surface area contributed by atoms with Gasteiger partial charge >= 0.3 is 0 Å². The largest absolute Gasteiger partial charge is 0.380 e. The molecular formula is C14H15FN2O. The summed E-state index contributed by atoms with van der Waals surface area (Å²) in [5, 5.41) is 3.85. The summed E-state index contributed by atoms with van der Waals surface area (Å²) in [7, 11) is 0. The van der Waals surface area contributed by atoms with Gasteiger partial charge in [0.25, 0.3) is 0 Å². The molecule has 4 heteroatoms. The molecule has 0 spiro atoms. The molecule has 1 fully saturated rings. The molecule has 3 nitrogen and oxygen atoms in total. The van der Waals surface area contributed by atoms with Crippen LogP contribution in [0.15, 0.2) is 28.8 Å². The van der Waals surface area contributed by atoms with Gasteiger partial charge in [-0.15, -0.1) is 0 Å². The molecule has 0 bridgehead atoms. The molecule has 1 aromatic heterocycles. The van der Waals surface area contributed by atoms with Gasteiger partial charge in [-0.05, 0) is 30.5 Å². The molecule has 1 aliphatic rings. The first-order chi connectivity index (χ1) is 8.75. The number of nitrogens with two attached hydrogens (primary N) is 1. The maximum Gasteiger partial charge on any atom is 0.175 e. The summed E-state index contributed by atoms with van der Waals surface area (Å²) in [5.41, 5.74) is 7.37. The summed E-state index contributed by atoms with van der Waals surface area (Å²) >= 11 is 0. The molecule has 0 unspecified atom stereocenters. The molecule has 2 aromatic rings. The average molecular weight is 246 g/mol. The molecule has 2 N–H and O–H groups in total. The molecule has 0 atom stereocenters. The summed E-state index contributed by atoms with van der Waals surface area (Å²) < 4.78 is 18.7. The minimum absolute atomic E-state index is 0.273. The highest BCUT2D eigenvalue weighted by molar-refractivity contribution is 5.76. The third-order valence-corrected chi connectivity index (χ3v) is 3.58. The number of hydrogen-bond donors (Lipinski definition) is 1. The van der Waals surface area contributed by atoms with Gasteiger partial charge in [-0.2, -0.15) is 0 Å². The van der Waals surface area contributed by atoms with Crippen LogP contribution in [0.2, 0.25) is 0 Å². The van der Waals surface area contributed by atoms with Gasteiger partial charge in [-0.3, -0.25) is 0 Å². The van der Waals surface area contributed by atoms with E-state index in [-0.39, 0.29) is 5.82 Å². The number of nitrogen functional groups attached to an aromatic ring is 1. The van der Waals surface area contributed by atoms with Crippen LogP contribution in [0, 0.1) is 5.82 Å².